The molecule has 2 aliphatic heterocycles. The normalized spacial score (nSPS) is 19.5. The monoisotopic (exact) mass is 888 g/mol. The number of likely N-dealkylation sites (tertiary alicyclic amines) is 1. The molecule has 334 valence electrons. The van der Waals surface area contributed by atoms with Crippen LogP contribution in [0.2, 0.25) is 0 Å². The van der Waals surface area contributed by atoms with Gasteiger partial charge in [-0.3, -0.25) is 19.1 Å². The maximum atomic E-state index is 14.8. The Balaban J connectivity index is 1.23. The number of benzene rings is 4. The van der Waals surface area contributed by atoms with E-state index in [4.69, 9.17) is 28.4 Å². The zero-order chi connectivity index (χ0) is 45.3. The van der Waals surface area contributed by atoms with E-state index in [0.717, 1.165) is 13.0 Å². The van der Waals surface area contributed by atoms with Crippen molar-refractivity contribution in [1.82, 2.24) is 24.4 Å². The molecule has 0 bridgehead atoms. The van der Waals surface area contributed by atoms with Crippen LogP contribution >= 0.6 is 0 Å². The van der Waals surface area contributed by atoms with Gasteiger partial charge >= 0.3 is 5.97 Å². The lowest BCUT2D eigenvalue weighted by Crippen LogP contribution is -2.38. The van der Waals surface area contributed by atoms with Crippen LogP contribution < -0.4 is 19.8 Å². The van der Waals surface area contributed by atoms with E-state index >= 15 is 0 Å². The van der Waals surface area contributed by atoms with Gasteiger partial charge in [-0.2, -0.15) is 18.8 Å². The number of imidazole rings is 1. The minimum atomic E-state index is -2.42. The van der Waals surface area contributed by atoms with E-state index < -0.39 is 82.7 Å². The lowest BCUT2D eigenvalue weighted by molar-refractivity contribution is -0.138. The van der Waals surface area contributed by atoms with Crippen LogP contribution in [0.1, 0.15) is 42.2 Å². The summed E-state index contributed by atoms with van der Waals surface area (Å²) in [5, 5.41) is 0. The highest BCUT2D eigenvalue weighted by atomic mass is 19.2. The van der Waals surface area contributed by atoms with Gasteiger partial charge in [0.05, 0.1) is 39.7 Å². The quantitative estimate of drug-likeness (QED) is 0.0297. The number of nitrogens with zero attached hydrogens (tertiary/aromatic N) is 5. The molecule has 2 aliphatic rings. The Kier molecular flexibility index (Phi) is 12.5. The summed E-state index contributed by atoms with van der Waals surface area (Å²) in [6.45, 7) is 0.449. The zero-order valence-corrected chi connectivity index (χ0v) is 34.8. The zero-order valence-electron chi connectivity index (χ0n) is 34.8. The number of carbonyl (C=O) groups is 1. The van der Waals surface area contributed by atoms with Gasteiger partial charge < -0.3 is 33.3 Å². The average Bonchev–Trinajstić information content (AvgIpc) is 4.03. The number of ether oxygens (including phenoxy) is 6. The van der Waals surface area contributed by atoms with Gasteiger partial charge in [-0.25, -0.2) is 18.2 Å². The molecule has 2 aromatic heterocycles. The number of carbonyl (C=O) groups excluding carboxylic acids is 1. The van der Waals surface area contributed by atoms with Gasteiger partial charge in [0.15, 0.2) is 17.4 Å². The van der Waals surface area contributed by atoms with Crippen LogP contribution in [0.3, 0.4) is 0 Å². The minimum absolute atomic E-state index is 0.00409. The first-order chi connectivity index (χ1) is 30.9. The fourth-order valence-electron chi connectivity index (χ4n) is 8.22. The number of esters is 1. The van der Waals surface area contributed by atoms with Crippen molar-refractivity contribution in [3.05, 3.63) is 141 Å². The Morgan fingerprint density at radius 3 is 2.02 bits per heavy atom. The third-order valence-electron chi connectivity index (χ3n) is 11.5. The number of nitrogens with one attached hydrogen (secondary N) is 1. The first-order valence-corrected chi connectivity index (χ1v) is 20.0. The van der Waals surface area contributed by atoms with E-state index in [9.17, 15) is 31.5 Å². The number of H-pyrrole nitrogens is 1. The van der Waals surface area contributed by atoms with Gasteiger partial charge in [-0.05, 0) is 47.4 Å². The largest absolute Gasteiger partial charge is 0.497 e. The second kappa shape index (κ2) is 18.2. The molecule has 19 heteroatoms. The number of halogens is 5. The molecular formula is C45H41F5N6O8. The summed E-state index contributed by atoms with van der Waals surface area (Å²) in [7, 11) is 6.27. The molecule has 4 heterocycles. The Labute approximate surface area is 362 Å². The Bertz CT molecular complexity index is 2680. The second-order valence-electron chi connectivity index (χ2n) is 15.1. The number of aromatic nitrogens is 4. The van der Waals surface area contributed by atoms with Crippen molar-refractivity contribution in [3.8, 4) is 17.2 Å². The molecular weight excluding hydrogens is 848 g/mol. The smallest absolute Gasteiger partial charge is 0.311 e. The molecule has 6 aromatic rings. The van der Waals surface area contributed by atoms with Crippen molar-refractivity contribution in [2.75, 3.05) is 41.5 Å². The van der Waals surface area contributed by atoms with Crippen LogP contribution in [0.5, 0.6) is 17.2 Å². The van der Waals surface area contributed by atoms with Crippen molar-refractivity contribution >= 4 is 28.9 Å². The molecule has 0 radical (unpaired) electrons. The summed E-state index contributed by atoms with van der Waals surface area (Å²) in [6.07, 6.45) is -1.41. The predicted octanol–water partition coefficient (Wildman–Crippen LogP) is 7.12. The predicted molar refractivity (Wildman–Crippen MR) is 220 cm³/mol. The third kappa shape index (κ3) is 8.05. The van der Waals surface area contributed by atoms with Crippen LogP contribution in [0.25, 0.3) is 11.2 Å². The minimum Gasteiger partial charge on any atom is -0.497 e. The lowest BCUT2D eigenvalue weighted by atomic mass is 9.80. The topological polar surface area (TPSA) is 152 Å². The maximum Gasteiger partial charge on any atom is 0.311 e. The van der Waals surface area contributed by atoms with Gasteiger partial charge in [0.25, 0.3) is 5.56 Å². The van der Waals surface area contributed by atoms with Crippen LogP contribution in [-0.2, 0) is 24.6 Å². The van der Waals surface area contributed by atoms with E-state index in [1.165, 1.54) is 32.2 Å². The van der Waals surface area contributed by atoms with Gasteiger partial charge in [0, 0.05) is 33.0 Å². The van der Waals surface area contributed by atoms with E-state index in [1.54, 1.807) is 24.3 Å². The molecule has 1 N–H and O–H groups in total. The number of aromatic amines is 1. The summed E-state index contributed by atoms with van der Waals surface area (Å²) in [5.41, 5.74) is -0.0302. The number of methoxy groups -OCH3 is 3. The molecule has 8 rings (SSSR count). The molecule has 0 unspecified atom stereocenters. The van der Waals surface area contributed by atoms with Crippen LogP contribution in [0.4, 0.5) is 27.9 Å². The van der Waals surface area contributed by atoms with Gasteiger partial charge in [-0.15, -0.1) is 0 Å². The second-order valence-corrected chi connectivity index (χ2v) is 15.1. The first-order valence-electron chi connectivity index (χ1n) is 20.0. The summed E-state index contributed by atoms with van der Waals surface area (Å²) >= 11 is 0. The Hall–Kier alpha value is -6.70. The molecule has 0 spiro atoms. The molecule has 0 aliphatic carbocycles. The summed E-state index contributed by atoms with van der Waals surface area (Å²) in [6, 6.07) is 23.6. The van der Waals surface area contributed by atoms with Crippen molar-refractivity contribution in [2.45, 2.75) is 43.3 Å². The van der Waals surface area contributed by atoms with Crippen LogP contribution in [-0.4, -0.2) is 90.0 Å². The summed E-state index contributed by atoms with van der Waals surface area (Å²) < 4.78 is 109. The highest BCUT2D eigenvalue weighted by Gasteiger charge is 2.50. The first kappa shape index (κ1) is 43.9. The van der Waals surface area contributed by atoms with E-state index in [1.807, 2.05) is 66.5 Å². The van der Waals surface area contributed by atoms with E-state index in [2.05, 4.69) is 19.9 Å². The number of amidine groups is 1. The molecule has 14 nitrogen and oxygen atoms in total. The Morgan fingerprint density at radius 1 is 0.859 bits per heavy atom. The number of hydrogen-bond acceptors (Lipinski definition) is 11. The maximum absolute atomic E-state index is 14.8. The third-order valence-corrected chi connectivity index (χ3v) is 11.5. The SMILES string of the molecule is COc1ccc(C(OC[C@H]2O[C@@H](n3cnc4c(=O)[nH]c(/N=C5/CCCN5C)nc43)[C@H](OC)[C@@H]2CC(=O)Oc2c(F)c(F)c(F)c(F)c2F)(c2ccccc2)c2ccc(OC)cc2)cc1. The van der Waals surface area contributed by atoms with Crippen molar-refractivity contribution in [3.63, 3.8) is 0 Å². The van der Waals surface area contributed by atoms with Gasteiger partial charge in [0.2, 0.25) is 40.8 Å². The number of aliphatic imine (C=N–C) groups is 1. The number of rotatable bonds is 14. The average molecular weight is 889 g/mol. The Morgan fingerprint density at radius 2 is 1.45 bits per heavy atom. The molecule has 0 amide bonds. The van der Waals surface area contributed by atoms with Crippen molar-refractivity contribution < 1.29 is 55.2 Å². The van der Waals surface area contributed by atoms with E-state index in [0.29, 0.717) is 40.4 Å². The lowest BCUT2D eigenvalue weighted by Gasteiger charge is -2.37. The van der Waals surface area contributed by atoms with Crippen LogP contribution in [0.15, 0.2) is 95.0 Å². The molecule has 4 aromatic carbocycles. The molecule has 4 atom stereocenters. The van der Waals surface area contributed by atoms with Gasteiger partial charge in [0.1, 0.15) is 29.0 Å². The summed E-state index contributed by atoms with van der Waals surface area (Å²) in [4.78, 5) is 45.1. The standard InChI is InChI=1S/C45H41F5N6O8/c1-55-20-8-11-31(55)52-44-53-41-38(42(58)54-44)51-23-56(41)43-39(61-4)29(21-32(57)64-40-36(49)34(47)33(46)35(48)37(40)50)30(63-43)22-62-45(24-9-6-5-7-10-24,25-12-16-27(59-2)17-13-25)26-14-18-28(60-3)19-15-26/h5-7,9-10,12-19,23,29-30,39,43H,8,11,20-22H2,1-4H3,(H,53,54,58)/b52-31-/t29-,30-,39-,43-/m1/s1. The summed E-state index contributed by atoms with van der Waals surface area (Å²) in [5.74, 6) is -14.1. The molecule has 2 saturated heterocycles. The number of fused-ring (bicyclic) bond motifs is 1. The molecule has 64 heavy (non-hydrogen) atoms. The van der Waals surface area contributed by atoms with E-state index in [-0.39, 0.29) is 23.7 Å². The highest BCUT2D eigenvalue weighted by molar-refractivity contribution is 5.86. The van der Waals surface area contributed by atoms with Crippen LogP contribution in [0, 0.1) is 35.0 Å². The number of hydrogen-bond donors (Lipinski definition) is 1. The fraction of sp³-hybridized carbons (Fsp3) is 0.311. The van der Waals surface area contributed by atoms with Crippen molar-refractivity contribution in [2.24, 2.45) is 10.9 Å². The van der Waals surface area contributed by atoms with Gasteiger partial charge in [-0.1, -0.05) is 54.6 Å². The van der Waals surface area contributed by atoms with Crippen molar-refractivity contribution in [1.29, 1.82) is 0 Å². The molecule has 2 fully saturated rings. The highest BCUT2D eigenvalue weighted by Crippen LogP contribution is 2.45. The fourth-order valence-corrected chi connectivity index (χ4v) is 8.22. The molecule has 0 saturated carbocycles.